The first-order valence-corrected chi connectivity index (χ1v) is 12.3. The fourth-order valence-corrected chi connectivity index (χ4v) is 4.70. The Balaban J connectivity index is 1.75. The fourth-order valence-electron chi connectivity index (χ4n) is 3.33. The molecule has 1 N–H and O–H groups in total. The van der Waals surface area contributed by atoms with Crippen molar-refractivity contribution in [1.29, 1.82) is 0 Å². The van der Waals surface area contributed by atoms with Crippen LogP contribution in [0.25, 0.3) is 5.69 Å². The molecule has 7 nitrogen and oxygen atoms in total. The lowest BCUT2D eigenvalue weighted by Crippen LogP contribution is -2.39. The molecule has 0 aliphatic carbocycles. The number of rotatable bonds is 7. The summed E-state index contributed by atoms with van der Waals surface area (Å²) >= 11 is 12.2. The van der Waals surface area contributed by atoms with Crippen molar-refractivity contribution in [3.05, 3.63) is 81.3 Å². The maximum Gasteiger partial charge on any atom is 0.260 e. The van der Waals surface area contributed by atoms with Crippen molar-refractivity contribution < 1.29 is 17.6 Å². The minimum absolute atomic E-state index is 0.168. The molecule has 0 saturated heterocycles. The highest BCUT2D eigenvalue weighted by Crippen LogP contribution is 2.26. The Morgan fingerprint density at radius 1 is 1.12 bits per heavy atom. The summed E-state index contributed by atoms with van der Waals surface area (Å²) in [6.07, 6.45) is 2.43. The van der Waals surface area contributed by atoms with Crippen LogP contribution in [-0.2, 0) is 14.8 Å². The molecule has 0 aliphatic rings. The molecule has 0 atom stereocenters. The molecule has 0 aliphatic heterocycles. The van der Waals surface area contributed by atoms with Gasteiger partial charge in [-0.15, -0.1) is 0 Å². The Hall–Kier alpha value is -2.88. The third kappa shape index (κ3) is 6.13. The van der Waals surface area contributed by atoms with Crippen LogP contribution in [0.3, 0.4) is 0 Å². The number of aryl methyl sites for hydroxylation is 1. The van der Waals surface area contributed by atoms with E-state index in [-0.39, 0.29) is 5.69 Å². The molecular weight excluding hydrogens is 490 g/mol. The van der Waals surface area contributed by atoms with E-state index in [2.05, 4.69) is 10.5 Å². The highest BCUT2D eigenvalue weighted by atomic mass is 35.5. The number of sulfonamides is 1. The molecule has 0 unspecified atom stereocenters. The number of anilines is 1. The normalized spacial score (nSPS) is 11.7. The number of hydrogen-bond donors (Lipinski definition) is 1. The largest absolute Gasteiger partial charge is 0.318 e. The van der Waals surface area contributed by atoms with Gasteiger partial charge in [-0.3, -0.25) is 9.10 Å². The van der Waals surface area contributed by atoms with Crippen LogP contribution in [0.1, 0.15) is 17.0 Å². The number of benzene rings is 2. The summed E-state index contributed by atoms with van der Waals surface area (Å²) in [5, 5.41) is 4.96. The zero-order valence-corrected chi connectivity index (χ0v) is 20.3. The standard InChI is InChI=1S/C22H21Cl2FN4O3S/c1-14-8-16(15(2)29(14)21-10-17(23)9-18(24)11-21)12-26-27-22(30)13-28(33(3,31)32)20-6-4-19(25)5-7-20/h4-12H,13H2,1-3H3,(H,27,30)/b26-12+. The number of carbonyl (C=O) groups excluding carboxylic acids is 1. The number of aromatic nitrogens is 1. The molecule has 3 rings (SSSR count). The molecule has 0 fully saturated rings. The van der Waals surface area contributed by atoms with Crippen molar-refractivity contribution in [3.8, 4) is 5.69 Å². The number of nitrogens with zero attached hydrogens (tertiary/aromatic N) is 3. The Labute approximate surface area is 201 Å². The summed E-state index contributed by atoms with van der Waals surface area (Å²) in [5.74, 6) is -1.17. The van der Waals surface area contributed by atoms with E-state index < -0.39 is 28.3 Å². The topological polar surface area (TPSA) is 83.8 Å². The molecule has 0 spiro atoms. The third-order valence-corrected chi connectivity index (χ3v) is 6.35. The van der Waals surface area contributed by atoms with Gasteiger partial charge in [0.05, 0.1) is 18.2 Å². The van der Waals surface area contributed by atoms with Gasteiger partial charge < -0.3 is 4.57 Å². The lowest BCUT2D eigenvalue weighted by atomic mass is 10.2. The number of hydrogen-bond acceptors (Lipinski definition) is 4. The van der Waals surface area contributed by atoms with E-state index >= 15 is 0 Å². The second-order valence-corrected chi connectivity index (χ2v) is 10.1. The molecule has 33 heavy (non-hydrogen) atoms. The van der Waals surface area contributed by atoms with Crippen LogP contribution < -0.4 is 9.73 Å². The highest BCUT2D eigenvalue weighted by molar-refractivity contribution is 7.92. The second kappa shape index (κ2) is 9.94. The first-order valence-electron chi connectivity index (χ1n) is 9.66. The average molecular weight is 511 g/mol. The molecule has 2 aromatic carbocycles. The Morgan fingerprint density at radius 2 is 1.73 bits per heavy atom. The lowest BCUT2D eigenvalue weighted by molar-refractivity contribution is -0.119. The zero-order valence-electron chi connectivity index (χ0n) is 18.0. The quantitative estimate of drug-likeness (QED) is 0.376. The first kappa shape index (κ1) is 24.8. The van der Waals surface area contributed by atoms with Gasteiger partial charge in [-0.1, -0.05) is 23.2 Å². The van der Waals surface area contributed by atoms with E-state index in [1.807, 2.05) is 24.5 Å². The van der Waals surface area contributed by atoms with E-state index in [1.165, 1.54) is 18.3 Å². The van der Waals surface area contributed by atoms with Gasteiger partial charge in [0.25, 0.3) is 5.91 Å². The van der Waals surface area contributed by atoms with Gasteiger partial charge in [0.2, 0.25) is 10.0 Å². The van der Waals surface area contributed by atoms with E-state index in [9.17, 15) is 17.6 Å². The SMILES string of the molecule is Cc1cc(/C=N/NC(=O)CN(c2ccc(F)cc2)S(C)(=O)=O)c(C)n1-c1cc(Cl)cc(Cl)c1. The van der Waals surface area contributed by atoms with Crippen LogP contribution >= 0.6 is 23.2 Å². The maximum absolute atomic E-state index is 13.2. The molecule has 11 heteroatoms. The molecule has 0 bridgehead atoms. The van der Waals surface area contributed by atoms with Crippen LogP contribution in [0.15, 0.2) is 53.6 Å². The van der Waals surface area contributed by atoms with E-state index in [1.54, 1.807) is 18.2 Å². The predicted octanol–water partition coefficient (Wildman–Crippen LogP) is 4.46. The highest BCUT2D eigenvalue weighted by Gasteiger charge is 2.20. The molecule has 1 amide bonds. The Morgan fingerprint density at radius 3 is 2.30 bits per heavy atom. The minimum atomic E-state index is -3.78. The summed E-state index contributed by atoms with van der Waals surface area (Å²) in [5.41, 5.74) is 5.76. The fraction of sp³-hybridized carbons (Fsp3) is 0.182. The first-order chi connectivity index (χ1) is 15.5. The van der Waals surface area contributed by atoms with Gasteiger partial charge in [0.15, 0.2) is 0 Å². The molecular formula is C22H21Cl2FN4O3S. The van der Waals surface area contributed by atoms with Gasteiger partial charge >= 0.3 is 0 Å². The van der Waals surface area contributed by atoms with Crippen LogP contribution in [0, 0.1) is 19.7 Å². The number of carbonyl (C=O) groups is 1. The molecule has 1 aromatic heterocycles. The summed E-state index contributed by atoms with van der Waals surface area (Å²) in [4.78, 5) is 12.3. The molecule has 1 heterocycles. The smallest absolute Gasteiger partial charge is 0.260 e. The van der Waals surface area contributed by atoms with Crippen molar-refractivity contribution in [2.45, 2.75) is 13.8 Å². The van der Waals surface area contributed by atoms with Gasteiger partial charge in [-0.2, -0.15) is 5.10 Å². The molecule has 174 valence electrons. The van der Waals surface area contributed by atoms with Gasteiger partial charge in [0, 0.05) is 32.7 Å². The molecule has 0 radical (unpaired) electrons. The van der Waals surface area contributed by atoms with Crippen LogP contribution in [0.2, 0.25) is 10.0 Å². The van der Waals surface area contributed by atoms with Crippen molar-refractivity contribution in [3.63, 3.8) is 0 Å². The zero-order chi connectivity index (χ0) is 24.3. The monoisotopic (exact) mass is 510 g/mol. The van der Waals surface area contributed by atoms with Crippen molar-refractivity contribution >= 4 is 51.0 Å². The average Bonchev–Trinajstić information content (AvgIpc) is 2.98. The van der Waals surface area contributed by atoms with Crippen LogP contribution in [0.5, 0.6) is 0 Å². The number of amides is 1. The Kier molecular flexibility index (Phi) is 7.46. The van der Waals surface area contributed by atoms with Crippen molar-refractivity contribution in [2.24, 2.45) is 5.10 Å². The number of nitrogens with one attached hydrogen (secondary N) is 1. The van der Waals surface area contributed by atoms with Crippen molar-refractivity contribution in [1.82, 2.24) is 9.99 Å². The second-order valence-electron chi connectivity index (χ2n) is 7.33. The van der Waals surface area contributed by atoms with Crippen molar-refractivity contribution in [2.75, 3.05) is 17.1 Å². The van der Waals surface area contributed by atoms with Gasteiger partial charge in [-0.05, 0) is 62.4 Å². The van der Waals surface area contributed by atoms with E-state index in [0.29, 0.717) is 10.0 Å². The van der Waals surface area contributed by atoms with E-state index in [4.69, 9.17) is 23.2 Å². The molecule has 3 aromatic rings. The minimum Gasteiger partial charge on any atom is -0.318 e. The van der Waals surface area contributed by atoms with Crippen LogP contribution in [-0.4, -0.2) is 37.9 Å². The third-order valence-electron chi connectivity index (χ3n) is 4.77. The van der Waals surface area contributed by atoms with E-state index in [0.717, 1.165) is 45.3 Å². The number of halogens is 3. The van der Waals surface area contributed by atoms with Gasteiger partial charge in [-0.25, -0.2) is 18.2 Å². The summed E-state index contributed by atoms with van der Waals surface area (Å²) in [6, 6.07) is 11.9. The summed E-state index contributed by atoms with van der Waals surface area (Å²) in [6.45, 7) is 3.27. The Bertz CT molecular complexity index is 1300. The maximum atomic E-state index is 13.2. The number of hydrazone groups is 1. The van der Waals surface area contributed by atoms with Gasteiger partial charge in [0.1, 0.15) is 12.4 Å². The molecule has 0 saturated carbocycles. The summed E-state index contributed by atoms with van der Waals surface area (Å²) in [7, 11) is -3.78. The predicted molar refractivity (Wildman–Crippen MR) is 130 cm³/mol. The summed E-state index contributed by atoms with van der Waals surface area (Å²) < 4.78 is 40.2. The lowest BCUT2D eigenvalue weighted by Gasteiger charge is -2.21. The van der Waals surface area contributed by atoms with Crippen LogP contribution in [0.4, 0.5) is 10.1 Å².